The number of ether oxygens (including phenoxy) is 4. The highest BCUT2D eigenvalue weighted by Crippen LogP contribution is 2.59. The van der Waals surface area contributed by atoms with E-state index in [0.29, 0.717) is 17.7 Å². The highest BCUT2D eigenvalue weighted by Gasteiger charge is 2.67. The zero-order valence-corrected chi connectivity index (χ0v) is 15.0. The van der Waals surface area contributed by atoms with E-state index < -0.39 is 11.8 Å². The molecule has 25 heavy (non-hydrogen) atoms. The van der Waals surface area contributed by atoms with Crippen molar-refractivity contribution in [2.24, 2.45) is 11.8 Å². The molecule has 5 atom stereocenters. The minimum Gasteiger partial charge on any atom is -0.490 e. The number of nitrogens with zero attached hydrogens (tertiary/aromatic N) is 1. The fourth-order valence-electron chi connectivity index (χ4n) is 5.71. The van der Waals surface area contributed by atoms with Crippen molar-refractivity contribution in [3.8, 4) is 0 Å². The molecule has 2 bridgehead atoms. The number of rotatable bonds is 1. The lowest BCUT2D eigenvalue weighted by molar-refractivity contribution is -0.210. The van der Waals surface area contributed by atoms with Crippen molar-refractivity contribution in [1.82, 2.24) is 4.90 Å². The van der Waals surface area contributed by atoms with Gasteiger partial charge in [-0.05, 0) is 39.3 Å². The molecule has 4 fully saturated rings. The van der Waals surface area contributed by atoms with Crippen LogP contribution in [0.25, 0.3) is 0 Å². The van der Waals surface area contributed by atoms with Crippen LogP contribution in [0.2, 0.25) is 0 Å². The predicted molar refractivity (Wildman–Crippen MR) is 88.0 cm³/mol. The molecule has 5 aliphatic rings. The number of cyclic esters (lactones) is 1. The standard InChI is InChI=1S/C19H25NO5/c1-10-13-14-12-6-4-8-20(14)9-5-7-19(13,24-12)25-16(10)15-11(2)17(22-3)18(21)23-15/h10,12-14H,4-9H2,1-3H3/b16-15-/t10-,12+,13+,14-,19+/m0/s1. The second-order valence-corrected chi connectivity index (χ2v) is 7.90. The van der Waals surface area contributed by atoms with Gasteiger partial charge in [-0.1, -0.05) is 6.92 Å². The summed E-state index contributed by atoms with van der Waals surface area (Å²) in [5, 5.41) is 0. The molecular formula is C19H25NO5. The van der Waals surface area contributed by atoms with Gasteiger partial charge in [-0.15, -0.1) is 0 Å². The smallest absolute Gasteiger partial charge is 0.379 e. The van der Waals surface area contributed by atoms with E-state index in [4.69, 9.17) is 18.9 Å². The third kappa shape index (κ3) is 1.95. The molecule has 0 spiro atoms. The molecule has 0 aromatic heterocycles. The quantitative estimate of drug-likeness (QED) is 0.679. The number of esters is 1. The Morgan fingerprint density at radius 3 is 2.84 bits per heavy atom. The fraction of sp³-hybridized carbons (Fsp3) is 0.737. The van der Waals surface area contributed by atoms with E-state index in [-0.39, 0.29) is 17.8 Å². The van der Waals surface area contributed by atoms with Crippen LogP contribution < -0.4 is 0 Å². The van der Waals surface area contributed by atoms with Crippen molar-refractivity contribution >= 4 is 5.97 Å². The van der Waals surface area contributed by atoms with Crippen molar-refractivity contribution in [1.29, 1.82) is 0 Å². The molecule has 6 heteroatoms. The first-order valence-electron chi connectivity index (χ1n) is 9.38. The summed E-state index contributed by atoms with van der Waals surface area (Å²) in [4.78, 5) is 14.6. The highest BCUT2D eigenvalue weighted by atomic mass is 16.7. The van der Waals surface area contributed by atoms with Crippen molar-refractivity contribution in [2.45, 2.75) is 57.5 Å². The summed E-state index contributed by atoms with van der Waals surface area (Å²) in [5.74, 6) is 1.02. The Balaban J connectivity index is 1.58. The molecule has 0 unspecified atom stereocenters. The van der Waals surface area contributed by atoms with Gasteiger partial charge in [0.25, 0.3) is 0 Å². The monoisotopic (exact) mass is 347 g/mol. The minimum atomic E-state index is -0.557. The third-order valence-corrected chi connectivity index (χ3v) is 6.66. The van der Waals surface area contributed by atoms with Gasteiger partial charge in [0, 0.05) is 24.0 Å². The molecule has 0 aliphatic carbocycles. The van der Waals surface area contributed by atoms with Gasteiger partial charge in [0.15, 0.2) is 5.76 Å². The number of carbonyl (C=O) groups is 1. The van der Waals surface area contributed by atoms with Crippen LogP contribution in [-0.4, -0.2) is 49.0 Å². The molecule has 5 heterocycles. The largest absolute Gasteiger partial charge is 0.490 e. The maximum absolute atomic E-state index is 12.0. The lowest BCUT2D eigenvalue weighted by Crippen LogP contribution is -2.49. The van der Waals surface area contributed by atoms with Crippen LogP contribution in [0.15, 0.2) is 22.9 Å². The molecular weight excluding hydrogens is 322 g/mol. The summed E-state index contributed by atoms with van der Waals surface area (Å²) < 4.78 is 23.8. The number of hydrogen-bond acceptors (Lipinski definition) is 6. The summed E-state index contributed by atoms with van der Waals surface area (Å²) >= 11 is 0. The molecule has 0 saturated carbocycles. The summed E-state index contributed by atoms with van der Waals surface area (Å²) in [6.07, 6.45) is 4.56. The SMILES string of the molecule is COC1=C(C)/C(=C2/O[C@@]34CCCN5CCC[C@@H](O3)[C@H]5[C@H]4[C@@H]2C)OC1=O. The topological polar surface area (TPSA) is 57.2 Å². The van der Waals surface area contributed by atoms with Gasteiger partial charge < -0.3 is 18.9 Å². The van der Waals surface area contributed by atoms with E-state index in [0.717, 1.165) is 43.7 Å². The molecule has 0 aromatic rings. The number of methoxy groups -OCH3 is 1. The number of hydrogen-bond donors (Lipinski definition) is 0. The van der Waals surface area contributed by atoms with Crippen molar-refractivity contribution in [3.05, 3.63) is 22.9 Å². The lowest BCUT2D eigenvalue weighted by atomic mass is 9.79. The minimum absolute atomic E-state index is 0.155. The van der Waals surface area contributed by atoms with E-state index in [1.54, 1.807) is 0 Å². The van der Waals surface area contributed by atoms with E-state index in [1.807, 2.05) is 6.92 Å². The molecule has 0 radical (unpaired) electrons. The average molecular weight is 347 g/mol. The van der Waals surface area contributed by atoms with Crippen molar-refractivity contribution in [2.75, 3.05) is 20.2 Å². The Labute approximate surface area is 147 Å². The van der Waals surface area contributed by atoms with Crippen LogP contribution in [0, 0.1) is 11.8 Å². The van der Waals surface area contributed by atoms with E-state index >= 15 is 0 Å². The van der Waals surface area contributed by atoms with Gasteiger partial charge in [-0.25, -0.2) is 4.79 Å². The van der Waals surface area contributed by atoms with Crippen LogP contribution in [0.5, 0.6) is 0 Å². The molecule has 5 aliphatic heterocycles. The van der Waals surface area contributed by atoms with Gasteiger partial charge in [-0.3, -0.25) is 4.90 Å². The van der Waals surface area contributed by atoms with E-state index in [2.05, 4.69) is 11.8 Å². The van der Waals surface area contributed by atoms with Gasteiger partial charge in [0.1, 0.15) is 5.76 Å². The Kier molecular flexibility index (Phi) is 3.29. The number of carbonyl (C=O) groups excluding carboxylic acids is 1. The van der Waals surface area contributed by atoms with Crippen molar-refractivity contribution < 1.29 is 23.7 Å². The van der Waals surface area contributed by atoms with Gasteiger partial charge in [0.2, 0.25) is 11.5 Å². The second kappa shape index (κ2) is 5.24. The maximum Gasteiger partial charge on any atom is 0.379 e. The van der Waals surface area contributed by atoms with Gasteiger partial charge in [-0.2, -0.15) is 0 Å². The molecule has 5 rings (SSSR count). The molecule has 0 aromatic carbocycles. The van der Waals surface area contributed by atoms with Crippen LogP contribution in [0.3, 0.4) is 0 Å². The summed E-state index contributed by atoms with van der Waals surface area (Å²) in [6.45, 7) is 6.32. The molecule has 0 N–H and O–H groups in total. The maximum atomic E-state index is 12.0. The summed E-state index contributed by atoms with van der Waals surface area (Å²) in [6, 6.07) is 0.410. The molecule has 6 nitrogen and oxygen atoms in total. The summed E-state index contributed by atoms with van der Waals surface area (Å²) in [5.41, 5.74) is 0.721. The first-order chi connectivity index (χ1) is 12.1. The average Bonchev–Trinajstić information content (AvgIpc) is 3.11. The van der Waals surface area contributed by atoms with Crippen LogP contribution in [-0.2, 0) is 23.7 Å². The lowest BCUT2D eigenvalue weighted by Gasteiger charge is -2.39. The Morgan fingerprint density at radius 2 is 2.08 bits per heavy atom. The van der Waals surface area contributed by atoms with Crippen molar-refractivity contribution in [3.63, 3.8) is 0 Å². The fourth-order valence-corrected chi connectivity index (χ4v) is 5.71. The van der Waals surface area contributed by atoms with Crippen LogP contribution in [0.1, 0.15) is 39.5 Å². The van der Waals surface area contributed by atoms with Crippen LogP contribution >= 0.6 is 0 Å². The third-order valence-electron chi connectivity index (χ3n) is 6.66. The zero-order valence-electron chi connectivity index (χ0n) is 15.0. The normalized spacial score (nSPS) is 46.0. The second-order valence-electron chi connectivity index (χ2n) is 7.90. The highest BCUT2D eigenvalue weighted by molar-refractivity contribution is 5.92. The Bertz CT molecular complexity index is 692. The predicted octanol–water partition coefficient (Wildman–Crippen LogP) is 2.31. The molecule has 136 valence electrons. The molecule has 0 amide bonds. The van der Waals surface area contributed by atoms with E-state index in [1.165, 1.54) is 13.5 Å². The summed E-state index contributed by atoms with van der Waals surface area (Å²) in [7, 11) is 1.49. The van der Waals surface area contributed by atoms with Gasteiger partial charge >= 0.3 is 5.97 Å². The first kappa shape index (κ1) is 15.7. The Morgan fingerprint density at radius 1 is 1.28 bits per heavy atom. The van der Waals surface area contributed by atoms with Crippen LogP contribution in [0.4, 0.5) is 0 Å². The first-order valence-corrected chi connectivity index (χ1v) is 9.38. The number of allylic oxidation sites excluding steroid dienone is 2. The Hall–Kier alpha value is -1.53. The van der Waals surface area contributed by atoms with E-state index in [9.17, 15) is 4.79 Å². The van der Waals surface area contributed by atoms with Gasteiger partial charge in [0.05, 0.1) is 19.1 Å². The zero-order chi connectivity index (χ0) is 17.3. The number of piperidine rings is 1. The molecule has 4 saturated heterocycles.